The van der Waals surface area contributed by atoms with Crippen LogP contribution in [-0.4, -0.2) is 9.97 Å². The number of nitrogen functional groups attached to an aromatic ring is 1. The zero-order valence-corrected chi connectivity index (χ0v) is 12.5. The van der Waals surface area contributed by atoms with E-state index in [0.29, 0.717) is 5.95 Å². The molecule has 0 fully saturated rings. The Balaban J connectivity index is 1.89. The molecule has 1 atom stereocenters. The summed E-state index contributed by atoms with van der Waals surface area (Å²) in [6, 6.07) is 8.84. The molecule has 0 amide bonds. The summed E-state index contributed by atoms with van der Waals surface area (Å²) >= 11 is 3.47. The number of aryl methyl sites for hydroxylation is 1. The maximum absolute atomic E-state index is 5.36. The lowest BCUT2D eigenvalue weighted by Gasteiger charge is -2.27. The number of fused-ring (bicyclic) bond motifs is 1. The molecular weight excluding hydrogens is 318 g/mol. The van der Waals surface area contributed by atoms with Gasteiger partial charge in [-0.25, -0.2) is 10.8 Å². The first-order valence-electron chi connectivity index (χ1n) is 6.61. The van der Waals surface area contributed by atoms with Gasteiger partial charge in [0, 0.05) is 6.20 Å². The molecule has 5 nitrogen and oxygen atoms in total. The highest BCUT2D eigenvalue weighted by molar-refractivity contribution is 9.10. The second kappa shape index (κ2) is 5.76. The number of hydrazine groups is 1. The summed E-state index contributed by atoms with van der Waals surface area (Å²) in [7, 11) is 0. The number of aromatic nitrogens is 2. The Labute approximate surface area is 126 Å². The SMILES string of the molecule is NNc1ncc(Br)c(NC2CCCc3ccccc32)n1. The number of nitrogens with two attached hydrogens (primary N) is 1. The third-order valence-electron chi connectivity index (χ3n) is 3.55. The molecule has 6 heteroatoms. The number of nitrogens with zero attached hydrogens (tertiary/aromatic N) is 2. The predicted molar refractivity (Wildman–Crippen MR) is 83.3 cm³/mol. The van der Waals surface area contributed by atoms with Gasteiger partial charge in [-0.15, -0.1) is 0 Å². The minimum atomic E-state index is 0.275. The van der Waals surface area contributed by atoms with Gasteiger partial charge in [0.1, 0.15) is 5.82 Å². The van der Waals surface area contributed by atoms with Crippen molar-refractivity contribution in [2.45, 2.75) is 25.3 Å². The van der Waals surface area contributed by atoms with Gasteiger partial charge in [-0.05, 0) is 46.3 Å². The molecular formula is C14H16BrN5. The van der Waals surface area contributed by atoms with Gasteiger partial charge in [0.05, 0.1) is 10.5 Å². The fraction of sp³-hybridized carbons (Fsp3) is 0.286. The van der Waals surface area contributed by atoms with Gasteiger partial charge in [-0.3, -0.25) is 5.43 Å². The largest absolute Gasteiger partial charge is 0.362 e. The lowest BCUT2D eigenvalue weighted by molar-refractivity contribution is 0.598. The number of anilines is 2. The van der Waals surface area contributed by atoms with Gasteiger partial charge in [0.25, 0.3) is 0 Å². The summed E-state index contributed by atoms with van der Waals surface area (Å²) < 4.78 is 0.833. The van der Waals surface area contributed by atoms with Crippen molar-refractivity contribution >= 4 is 27.7 Å². The van der Waals surface area contributed by atoms with Crippen LogP contribution in [0, 0.1) is 0 Å². The van der Waals surface area contributed by atoms with Crippen LogP contribution in [0.1, 0.15) is 30.0 Å². The van der Waals surface area contributed by atoms with Crippen LogP contribution in [-0.2, 0) is 6.42 Å². The van der Waals surface area contributed by atoms with Crippen molar-refractivity contribution in [3.63, 3.8) is 0 Å². The Morgan fingerprint density at radius 1 is 1.30 bits per heavy atom. The van der Waals surface area contributed by atoms with Crippen LogP contribution in [0.4, 0.5) is 11.8 Å². The van der Waals surface area contributed by atoms with Crippen molar-refractivity contribution in [2.24, 2.45) is 5.84 Å². The van der Waals surface area contributed by atoms with Crippen LogP contribution < -0.4 is 16.6 Å². The number of hydrogen-bond acceptors (Lipinski definition) is 5. The zero-order chi connectivity index (χ0) is 13.9. The molecule has 0 spiro atoms. The van der Waals surface area contributed by atoms with E-state index in [0.717, 1.165) is 23.1 Å². The molecule has 104 valence electrons. The molecule has 1 unspecified atom stereocenters. The third-order valence-corrected chi connectivity index (χ3v) is 4.13. The van der Waals surface area contributed by atoms with Crippen molar-refractivity contribution < 1.29 is 0 Å². The topological polar surface area (TPSA) is 75.9 Å². The van der Waals surface area contributed by atoms with E-state index in [4.69, 9.17) is 5.84 Å². The summed E-state index contributed by atoms with van der Waals surface area (Å²) in [5.41, 5.74) is 5.24. The van der Waals surface area contributed by atoms with Crippen LogP contribution in [0.25, 0.3) is 0 Å². The van der Waals surface area contributed by atoms with Crippen molar-refractivity contribution in [1.82, 2.24) is 9.97 Å². The van der Waals surface area contributed by atoms with Crippen LogP contribution >= 0.6 is 15.9 Å². The summed E-state index contributed by atoms with van der Waals surface area (Å²) in [5, 5.41) is 3.49. The van der Waals surface area contributed by atoms with Gasteiger partial charge in [0.15, 0.2) is 0 Å². The van der Waals surface area contributed by atoms with E-state index in [1.807, 2.05) is 0 Å². The Hall–Kier alpha value is -1.66. The predicted octanol–water partition coefficient (Wildman–Crippen LogP) is 3.01. The second-order valence-corrected chi connectivity index (χ2v) is 5.68. The number of nitrogens with one attached hydrogen (secondary N) is 2. The molecule has 1 aliphatic carbocycles. The molecule has 1 aliphatic rings. The van der Waals surface area contributed by atoms with E-state index in [9.17, 15) is 0 Å². The summed E-state index contributed by atoms with van der Waals surface area (Å²) in [6.45, 7) is 0. The first-order chi connectivity index (χ1) is 9.78. The standard InChI is InChI=1S/C14H16BrN5/c15-11-8-17-14(20-16)19-13(11)18-12-7-3-5-9-4-1-2-6-10(9)12/h1-2,4,6,8,12H,3,5,7,16H2,(H2,17,18,19,20). The zero-order valence-electron chi connectivity index (χ0n) is 10.9. The molecule has 1 aromatic carbocycles. The van der Waals surface area contributed by atoms with E-state index in [1.165, 1.54) is 17.5 Å². The van der Waals surface area contributed by atoms with Crippen molar-refractivity contribution in [3.8, 4) is 0 Å². The Morgan fingerprint density at radius 3 is 3.00 bits per heavy atom. The van der Waals surface area contributed by atoms with Crippen molar-refractivity contribution in [1.29, 1.82) is 0 Å². The van der Waals surface area contributed by atoms with Crippen molar-refractivity contribution in [3.05, 3.63) is 46.1 Å². The van der Waals surface area contributed by atoms with E-state index in [1.54, 1.807) is 6.20 Å². The summed E-state index contributed by atoms with van der Waals surface area (Å²) in [6.07, 6.45) is 5.12. The Kier molecular flexibility index (Phi) is 3.84. The highest BCUT2D eigenvalue weighted by Crippen LogP contribution is 2.33. The minimum absolute atomic E-state index is 0.275. The number of benzene rings is 1. The number of hydrogen-bond donors (Lipinski definition) is 3. The minimum Gasteiger partial charge on any atom is -0.362 e. The lowest BCUT2D eigenvalue weighted by atomic mass is 9.88. The summed E-state index contributed by atoms with van der Waals surface area (Å²) in [4.78, 5) is 8.41. The van der Waals surface area contributed by atoms with Gasteiger partial charge < -0.3 is 5.32 Å². The molecule has 3 rings (SSSR count). The highest BCUT2D eigenvalue weighted by Gasteiger charge is 2.20. The Bertz CT molecular complexity index is 616. The third kappa shape index (κ3) is 2.62. The number of rotatable bonds is 3. The maximum atomic E-state index is 5.36. The first kappa shape index (κ1) is 13.3. The molecule has 0 radical (unpaired) electrons. The molecule has 1 aromatic heterocycles. The highest BCUT2D eigenvalue weighted by atomic mass is 79.9. The van der Waals surface area contributed by atoms with Crippen LogP contribution in [0.2, 0.25) is 0 Å². The van der Waals surface area contributed by atoms with Crippen LogP contribution in [0.3, 0.4) is 0 Å². The van der Waals surface area contributed by atoms with Gasteiger partial charge in [-0.1, -0.05) is 24.3 Å². The van der Waals surface area contributed by atoms with Crippen molar-refractivity contribution in [2.75, 3.05) is 10.7 Å². The first-order valence-corrected chi connectivity index (χ1v) is 7.40. The van der Waals surface area contributed by atoms with Gasteiger partial charge in [0.2, 0.25) is 5.95 Å². The molecule has 1 heterocycles. The second-order valence-electron chi connectivity index (χ2n) is 4.82. The normalized spacial score (nSPS) is 17.4. The molecule has 0 bridgehead atoms. The van der Waals surface area contributed by atoms with E-state index >= 15 is 0 Å². The van der Waals surface area contributed by atoms with E-state index < -0.39 is 0 Å². The smallest absolute Gasteiger partial charge is 0.239 e. The molecule has 0 saturated carbocycles. The number of halogens is 1. The van der Waals surface area contributed by atoms with Gasteiger partial charge in [-0.2, -0.15) is 4.98 Å². The van der Waals surface area contributed by atoms with E-state index in [-0.39, 0.29) is 6.04 Å². The summed E-state index contributed by atoms with van der Waals surface area (Å²) in [5.74, 6) is 6.52. The molecule has 20 heavy (non-hydrogen) atoms. The van der Waals surface area contributed by atoms with Gasteiger partial charge >= 0.3 is 0 Å². The molecule has 2 aromatic rings. The molecule has 0 saturated heterocycles. The monoisotopic (exact) mass is 333 g/mol. The van der Waals surface area contributed by atoms with Crippen LogP contribution in [0.15, 0.2) is 34.9 Å². The Morgan fingerprint density at radius 2 is 2.15 bits per heavy atom. The maximum Gasteiger partial charge on any atom is 0.239 e. The van der Waals surface area contributed by atoms with E-state index in [2.05, 4.69) is 60.9 Å². The quantitative estimate of drug-likeness (QED) is 0.594. The average Bonchev–Trinajstić information content (AvgIpc) is 2.50. The fourth-order valence-electron chi connectivity index (χ4n) is 2.61. The average molecular weight is 334 g/mol. The lowest BCUT2D eigenvalue weighted by Crippen LogP contribution is -2.19. The fourth-order valence-corrected chi connectivity index (χ4v) is 2.91. The molecule has 4 N–H and O–H groups in total. The van der Waals surface area contributed by atoms with Crippen LogP contribution in [0.5, 0.6) is 0 Å². The molecule has 0 aliphatic heterocycles.